The number of urea groups is 1. The highest BCUT2D eigenvalue weighted by Crippen LogP contribution is 2.24. The Bertz CT molecular complexity index is 1290. The molecular formula is C28H29N5O2. The topological polar surface area (TPSA) is 79.3 Å². The first kappa shape index (κ1) is 23.8. The Hall–Kier alpha value is -4.39. The van der Waals surface area contributed by atoms with Crippen molar-refractivity contribution < 1.29 is 9.59 Å². The number of para-hydroxylation sites is 1. The molecule has 0 aliphatic rings. The third-order valence-electron chi connectivity index (χ3n) is 5.64. The Morgan fingerprint density at radius 2 is 1.57 bits per heavy atom. The van der Waals surface area contributed by atoms with Crippen LogP contribution in [0.4, 0.5) is 16.3 Å². The van der Waals surface area contributed by atoms with E-state index in [0.717, 1.165) is 28.9 Å². The summed E-state index contributed by atoms with van der Waals surface area (Å²) in [4.78, 5) is 27.3. The lowest BCUT2D eigenvalue weighted by Crippen LogP contribution is -2.40. The zero-order valence-corrected chi connectivity index (χ0v) is 19.9. The number of carbonyl (C=O) groups is 2. The average molecular weight is 468 g/mol. The van der Waals surface area contributed by atoms with Crippen LogP contribution in [0.2, 0.25) is 0 Å². The molecule has 7 nitrogen and oxygen atoms in total. The van der Waals surface area contributed by atoms with E-state index in [2.05, 4.69) is 17.6 Å². The lowest BCUT2D eigenvalue weighted by Gasteiger charge is -2.21. The van der Waals surface area contributed by atoms with Gasteiger partial charge in [-0.2, -0.15) is 5.10 Å². The number of nitrogens with one attached hydrogen (secondary N) is 2. The SMILES string of the molecule is CCc1cccc(NC(=O)N(CC)CC(=O)Nc2cc(-c3ccccc3)nn2-c2ccccc2)c1. The molecule has 0 unspecified atom stereocenters. The number of hydrogen-bond donors (Lipinski definition) is 2. The molecule has 4 aromatic rings. The van der Waals surface area contributed by atoms with Crippen molar-refractivity contribution in [2.75, 3.05) is 23.7 Å². The zero-order valence-electron chi connectivity index (χ0n) is 19.9. The van der Waals surface area contributed by atoms with E-state index in [-0.39, 0.29) is 18.5 Å². The largest absolute Gasteiger partial charge is 0.322 e. The Balaban J connectivity index is 1.51. The van der Waals surface area contributed by atoms with E-state index in [4.69, 9.17) is 5.10 Å². The molecule has 0 atom stereocenters. The highest BCUT2D eigenvalue weighted by molar-refractivity contribution is 5.97. The van der Waals surface area contributed by atoms with Gasteiger partial charge in [0.25, 0.3) is 0 Å². The van der Waals surface area contributed by atoms with Gasteiger partial charge in [0, 0.05) is 23.9 Å². The van der Waals surface area contributed by atoms with E-state index in [9.17, 15) is 9.59 Å². The number of benzene rings is 3. The molecular weight excluding hydrogens is 438 g/mol. The first-order valence-electron chi connectivity index (χ1n) is 11.7. The molecule has 0 saturated heterocycles. The summed E-state index contributed by atoms with van der Waals surface area (Å²) >= 11 is 0. The van der Waals surface area contributed by atoms with Crippen molar-refractivity contribution in [3.8, 4) is 16.9 Å². The summed E-state index contributed by atoms with van der Waals surface area (Å²) in [5.74, 6) is 0.230. The number of aromatic nitrogens is 2. The van der Waals surface area contributed by atoms with Gasteiger partial charge in [0.1, 0.15) is 12.4 Å². The fraction of sp³-hybridized carbons (Fsp3) is 0.179. The third-order valence-corrected chi connectivity index (χ3v) is 5.64. The van der Waals surface area contributed by atoms with Gasteiger partial charge in [-0.1, -0.05) is 67.6 Å². The molecule has 0 aliphatic heterocycles. The maximum atomic E-state index is 13.0. The van der Waals surface area contributed by atoms with E-state index < -0.39 is 0 Å². The van der Waals surface area contributed by atoms with Gasteiger partial charge in [0.2, 0.25) is 5.91 Å². The highest BCUT2D eigenvalue weighted by atomic mass is 16.2. The lowest BCUT2D eigenvalue weighted by molar-refractivity contribution is -0.116. The van der Waals surface area contributed by atoms with Crippen LogP contribution in [0.1, 0.15) is 19.4 Å². The fourth-order valence-electron chi connectivity index (χ4n) is 3.74. The van der Waals surface area contributed by atoms with Crippen LogP contribution in [0.5, 0.6) is 0 Å². The lowest BCUT2D eigenvalue weighted by atomic mass is 10.1. The van der Waals surface area contributed by atoms with E-state index >= 15 is 0 Å². The van der Waals surface area contributed by atoms with E-state index in [0.29, 0.717) is 18.1 Å². The second-order valence-corrected chi connectivity index (χ2v) is 8.07. The van der Waals surface area contributed by atoms with Crippen LogP contribution in [-0.2, 0) is 11.2 Å². The van der Waals surface area contributed by atoms with Gasteiger partial charge in [0.05, 0.1) is 11.4 Å². The Labute approximate surface area is 205 Å². The maximum Gasteiger partial charge on any atom is 0.322 e. The molecule has 2 N–H and O–H groups in total. The normalized spacial score (nSPS) is 10.6. The molecule has 0 saturated carbocycles. The van der Waals surface area contributed by atoms with Crippen molar-refractivity contribution in [1.29, 1.82) is 0 Å². The van der Waals surface area contributed by atoms with E-state index in [1.807, 2.05) is 97.9 Å². The monoisotopic (exact) mass is 467 g/mol. The predicted octanol–water partition coefficient (Wildman–Crippen LogP) is 5.59. The molecule has 1 aromatic heterocycles. The summed E-state index contributed by atoms with van der Waals surface area (Å²) in [6.45, 7) is 4.21. The number of rotatable bonds is 8. The van der Waals surface area contributed by atoms with Crippen molar-refractivity contribution >= 4 is 23.4 Å². The molecule has 3 amide bonds. The molecule has 35 heavy (non-hydrogen) atoms. The number of aryl methyl sites for hydroxylation is 1. The molecule has 0 aliphatic carbocycles. The van der Waals surface area contributed by atoms with Crippen LogP contribution in [0.3, 0.4) is 0 Å². The number of amides is 3. The fourth-order valence-corrected chi connectivity index (χ4v) is 3.74. The molecule has 178 valence electrons. The molecule has 0 spiro atoms. The summed E-state index contributed by atoms with van der Waals surface area (Å²) in [7, 11) is 0. The Morgan fingerprint density at radius 3 is 2.26 bits per heavy atom. The Kier molecular flexibility index (Phi) is 7.57. The van der Waals surface area contributed by atoms with Crippen LogP contribution in [0.25, 0.3) is 16.9 Å². The zero-order chi connectivity index (χ0) is 24.6. The second-order valence-electron chi connectivity index (χ2n) is 8.07. The second kappa shape index (κ2) is 11.2. The minimum absolute atomic E-state index is 0.0869. The van der Waals surface area contributed by atoms with Crippen molar-refractivity contribution in [1.82, 2.24) is 14.7 Å². The summed E-state index contributed by atoms with van der Waals surface area (Å²) < 4.78 is 1.70. The van der Waals surface area contributed by atoms with Gasteiger partial charge in [-0.05, 0) is 43.2 Å². The maximum absolute atomic E-state index is 13.0. The van der Waals surface area contributed by atoms with Gasteiger partial charge in [-0.25, -0.2) is 9.48 Å². The number of nitrogens with zero attached hydrogens (tertiary/aromatic N) is 3. The first-order chi connectivity index (χ1) is 17.1. The predicted molar refractivity (Wildman–Crippen MR) is 140 cm³/mol. The van der Waals surface area contributed by atoms with Gasteiger partial charge >= 0.3 is 6.03 Å². The molecule has 0 bridgehead atoms. The molecule has 7 heteroatoms. The van der Waals surface area contributed by atoms with Crippen LogP contribution < -0.4 is 10.6 Å². The first-order valence-corrected chi connectivity index (χ1v) is 11.7. The van der Waals surface area contributed by atoms with Crippen LogP contribution >= 0.6 is 0 Å². The smallest absolute Gasteiger partial charge is 0.315 e. The third kappa shape index (κ3) is 5.95. The van der Waals surface area contributed by atoms with E-state index in [1.54, 1.807) is 4.68 Å². The molecule has 0 radical (unpaired) electrons. The standard InChI is InChI=1S/C28H29N5O2/c1-3-21-12-11-15-23(18-21)29-28(35)32(4-2)20-27(34)30-26-19-25(22-13-7-5-8-14-22)31-33(26)24-16-9-6-10-17-24/h5-19H,3-4,20H2,1-2H3,(H,29,35)(H,30,34). The van der Waals surface area contributed by atoms with Crippen LogP contribution in [0, 0.1) is 0 Å². The Morgan fingerprint density at radius 1 is 0.857 bits per heavy atom. The highest BCUT2D eigenvalue weighted by Gasteiger charge is 2.19. The van der Waals surface area contributed by atoms with Crippen LogP contribution in [-0.4, -0.2) is 39.7 Å². The van der Waals surface area contributed by atoms with Gasteiger partial charge in [-0.15, -0.1) is 0 Å². The minimum atomic E-state index is -0.322. The van der Waals surface area contributed by atoms with Crippen molar-refractivity contribution in [2.45, 2.75) is 20.3 Å². The van der Waals surface area contributed by atoms with E-state index in [1.165, 1.54) is 4.90 Å². The summed E-state index contributed by atoms with van der Waals surface area (Å²) in [6.07, 6.45) is 0.879. The number of anilines is 2. The quantitative estimate of drug-likeness (QED) is 0.354. The minimum Gasteiger partial charge on any atom is -0.315 e. The van der Waals surface area contributed by atoms with Crippen molar-refractivity contribution in [3.05, 3.63) is 96.6 Å². The van der Waals surface area contributed by atoms with Crippen molar-refractivity contribution in [3.63, 3.8) is 0 Å². The molecule has 3 aromatic carbocycles. The average Bonchev–Trinajstić information content (AvgIpc) is 3.32. The van der Waals surface area contributed by atoms with Gasteiger partial charge < -0.3 is 15.5 Å². The van der Waals surface area contributed by atoms with Gasteiger partial charge in [0.15, 0.2) is 0 Å². The summed E-state index contributed by atoms with van der Waals surface area (Å²) in [5.41, 5.74) is 4.35. The van der Waals surface area contributed by atoms with Crippen molar-refractivity contribution in [2.24, 2.45) is 0 Å². The molecule has 1 heterocycles. The molecule has 4 rings (SSSR count). The summed E-state index contributed by atoms with van der Waals surface area (Å²) in [5, 5.41) is 10.5. The van der Waals surface area contributed by atoms with Gasteiger partial charge in [-0.3, -0.25) is 4.79 Å². The number of likely N-dealkylation sites (N-methyl/N-ethyl adjacent to an activating group) is 1. The summed E-state index contributed by atoms with van der Waals surface area (Å²) in [6, 6.07) is 28.6. The number of hydrogen-bond acceptors (Lipinski definition) is 3. The number of carbonyl (C=O) groups excluding carboxylic acids is 2. The van der Waals surface area contributed by atoms with Crippen LogP contribution in [0.15, 0.2) is 91.0 Å². The molecule has 0 fully saturated rings.